The molecule has 1 aromatic rings. The molecule has 112 valence electrons. The quantitative estimate of drug-likeness (QED) is 0.765. The highest BCUT2D eigenvalue weighted by Gasteiger charge is 2.38. The molecular weight excluding hydrogens is 254 g/mol. The van der Waals surface area contributed by atoms with Crippen molar-refractivity contribution in [1.82, 2.24) is 5.32 Å². The molecule has 1 heterocycles. The lowest BCUT2D eigenvalue weighted by Gasteiger charge is -2.41. The largest absolute Gasteiger partial charge is 0.497 e. The molecule has 1 aliphatic rings. The first-order chi connectivity index (χ1) is 9.73. The lowest BCUT2D eigenvalue weighted by Crippen LogP contribution is -2.52. The molecule has 4 heteroatoms. The molecule has 20 heavy (non-hydrogen) atoms. The second-order valence-electron chi connectivity index (χ2n) is 5.65. The van der Waals surface area contributed by atoms with Crippen molar-refractivity contribution in [2.24, 2.45) is 5.41 Å². The third kappa shape index (κ3) is 3.51. The number of hydrogen-bond acceptors (Lipinski definition) is 4. The normalized spacial score (nSPS) is 18.4. The molecule has 4 nitrogen and oxygen atoms in total. The number of rotatable bonds is 8. The van der Waals surface area contributed by atoms with Crippen LogP contribution < -0.4 is 10.1 Å². The van der Waals surface area contributed by atoms with Crippen molar-refractivity contribution < 1.29 is 14.6 Å². The van der Waals surface area contributed by atoms with E-state index in [1.165, 1.54) is 5.56 Å². The Labute approximate surface area is 121 Å². The third-order valence-electron chi connectivity index (χ3n) is 3.97. The SMILES string of the molecule is CCCC(NCC1(CO)COC1)c1ccc(OC)cc1. The second-order valence-corrected chi connectivity index (χ2v) is 5.65. The topological polar surface area (TPSA) is 50.7 Å². The van der Waals surface area contributed by atoms with Gasteiger partial charge in [-0.25, -0.2) is 0 Å². The summed E-state index contributed by atoms with van der Waals surface area (Å²) in [5.41, 5.74) is 1.18. The van der Waals surface area contributed by atoms with Crippen molar-refractivity contribution in [1.29, 1.82) is 0 Å². The van der Waals surface area contributed by atoms with Gasteiger partial charge in [0.1, 0.15) is 5.75 Å². The Morgan fingerprint density at radius 3 is 2.50 bits per heavy atom. The van der Waals surface area contributed by atoms with Crippen LogP contribution in [0, 0.1) is 5.41 Å². The highest BCUT2D eigenvalue weighted by atomic mass is 16.5. The maximum atomic E-state index is 9.48. The van der Waals surface area contributed by atoms with E-state index in [-0.39, 0.29) is 12.0 Å². The molecule has 0 aromatic heterocycles. The molecule has 2 N–H and O–H groups in total. The van der Waals surface area contributed by atoms with E-state index < -0.39 is 0 Å². The zero-order valence-electron chi connectivity index (χ0n) is 12.4. The van der Waals surface area contributed by atoms with Gasteiger partial charge in [-0.3, -0.25) is 0 Å². The molecular formula is C16H25NO3. The second kappa shape index (κ2) is 7.07. The van der Waals surface area contributed by atoms with Gasteiger partial charge < -0.3 is 19.9 Å². The number of nitrogens with one attached hydrogen (secondary N) is 1. The summed E-state index contributed by atoms with van der Waals surface area (Å²) in [6.45, 7) is 4.46. The summed E-state index contributed by atoms with van der Waals surface area (Å²) in [4.78, 5) is 0. The summed E-state index contributed by atoms with van der Waals surface area (Å²) in [7, 11) is 1.68. The number of ether oxygens (including phenoxy) is 2. The smallest absolute Gasteiger partial charge is 0.118 e. The molecule has 0 radical (unpaired) electrons. The Kier molecular flexibility index (Phi) is 5.40. The van der Waals surface area contributed by atoms with E-state index in [9.17, 15) is 5.11 Å². The monoisotopic (exact) mass is 279 g/mol. The van der Waals surface area contributed by atoms with Crippen LogP contribution in [0.25, 0.3) is 0 Å². The van der Waals surface area contributed by atoms with E-state index in [4.69, 9.17) is 9.47 Å². The molecule has 1 aromatic carbocycles. The molecule has 0 amide bonds. The van der Waals surface area contributed by atoms with Crippen LogP contribution in [0.5, 0.6) is 5.75 Å². The first kappa shape index (κ1) is 15.3. The van der Waals surface area contributed by atoms with E-state index in [0.717, 1.165) is 25.1 Å². The predicted molar refractivity (Wildman–Crippen MR) is 79.0 cm³/mol. The molecule has 0 bridgehead atoms. The van der Waals surface area contributed by atoms with Gasteiger partial charge in [0.2, 0.25) is 0 Å². The van der Waals surface area contributed by atoms with E-state index in [1.54, 1.807) is 7.11 Å². The van der Waals surface area contributed by atoms with Crippen molar-refractivity contribution in [3.8, 4) is 5.75 Å². The molecule has 1 fully saturated rings. The fraction of sp³-hybridized carbons (Fsp3) is 0.625. The minimum Gasteiger partial charge on any atom is -0.497 e. The van der Waals surface area contributed by atoms with E-state index in [0.29, 0.717) is 19.3 Å². The summed E-state index contributed by atoms with van der Waals surface area (Å²) >= 11 is 0. The van der Waals surface area contributed by atoms with Crippen LogP contribution in [0.2, 0.25) is 0 Å². The lowest BCUT2D eigenvalue weighted by molar-refractivity contribution is -0.135. The average molecular weight is 279 g/mol. The summed E-state index contributed by atoms with van der Waals surface area (Å²) in [6, 6.07) is 8.52. The van der Waals surface area contributed by atoms with Crippen LogP contribution in [0.1, 0.15) is 31.4 Å². The van der Waals surface area contributed by atoms with Crippen molar-refractivity contribution in [2.45, 2.75) is 25.8 Å². The first-order valence-corrected chi connectivity index (χ1v) is 7.29. The minimum absolute atomic E-state index is 0.0849. The van der Waals surface area contributed by atoms with Gasteiger partial charge in [0.05, 0.1) is 32.3 Å². The van der Waals surface area contributed by atoms with Crippen molar-refractivity contribution in [2.75, 3.05) is 33.5 Å². The fourth-order valence-corrected chi connectivity index (χ4v) is 2.49. The summed E-state index contributed by atoms with van der Waals surface area (Å²) in [6.07, 6.45) is 2.20. The Hall–Kier alpha value is -1.10. The molecule has 1 unspecified atom stereocenters. The van der Waals surface area contributed by atoms with E-state index >= 15 is 0 Å². The number of benzene rings is 1. The lowest BCUT2D eigenvalue weighted by atomic mass is 9.86. The van der Waals surface area contributed by atoms with Gasteiger partial charge >= 0.3 is 0 Å². The van der Waals surface area contributed by atoms with Gasteiger partial charge in [0, 0.05) is 12.6 Å². The van der Waals surface area contributed by atoms with Crippen LogP contribution in [-0.4, -0.2) is 38.6 Å². The van der Waals surface area contributed by atoms with Crippen molar-refractivity contribution in [3.63, 3.8) is 0 Å². The fourth-order valence-electron chi connectivity index (χ4n) is 2.49. The molecule has 1 atom stereocenters. The third-order valence-corrected chi connectivity index (χ3v) is 3.97. The Bertz CT molecular complexity index is 395. The zero-order chi connectivity index (χ0) is 14.4. The minimum atomic E-state index is -0.0849. The Balaban J connectivity index is 1.98. The highest BCUT2D eigenvalue weighted by molar-refractivity contribution is 5.29. The molecule has 0 saturated carbocycles. The van der Waals surface area contributed by atoms with Crippen LogP contribution in [0.3, 0.4) is 0 Å². The molecule has 1 saturated heterocycles. The van der Waals surface area contributed by atoms with Gasteiger partial charge in [0.25, 0.3) is 0 Å². The number of hydrogen-bond donors (Lipinski definition) is 2. The van der Waals surface area contributed by atoms with Gasteiger partial charge in [0.15, 0.2) is 0 Å². The van der Waals surface area contributed by atoms with Crippen molar-refractivity contribution >= 4 is 0 Å². The standard InChI is InChI=1S/C16H25NO3/c1-3-4-15(13-5-7-14(19-2)8-6-13)17-9-16(10-18)11-20-12-16/h5-8,15,17-18H,3-4,9-12H2,1-2H3. The molecule has 1 aliphatic heterocycles. The summed E-state index contributed by atoms with van der Waals surface area (Å²) in [5.74, 6) is 0.878. The molecule has 0 aliphatic carbocycles. The molecule has 2 rings (SSSR count). The van der Waals surface area contributed by atoms with Gasteiger partial charge in [-0.15, -0.1) is 0 Å². The van der Waals surface area contributed by atoms with Crippen LogP contribution in [0.15, 0.2) is 24.3 Å². The Morgan fingerprint density at radius 2 is 2.05 bits per heavy atom. The first-order valence-electron chi connectivity index (χ1n) is 7.29. The molecule has 0 spiro atoms. The number of aliphatic hydroxyl groups is 1. The van der Waals surface area contributed by atoms with E-state index in [2.05, 4.69) is 24.4 Å². The zero-order valence-corrected chi connectivity index (χ0v) is 12.4. The van der Waals surface area contributed by atoms with Crippen LogP contribution >= 0.6 is 0 Å². The van der Waals surface area contributed by atoms with Gasteiger partial charge in [-0.2, -0.15) is 0 Å². The van der Waals surface area contributed by atoms with Crippen LogP contribution in [0.4, 0.5) is 0 Å². The highest BCUT2D eigenvalue weighted by Crippen LogP contribution is 2.28. The predicted octanol–water partition coefficient (Wildman–Crippen LogP) is 2.13. The van der Waals surface area contributed by atoms with Gasteiger partial charge in [-0.1, -0.05) is 25.5 Å². The number of methoxy groups -OCH3 is 1. The van der Waals surface area contributed by atoms with Crippen LogP contribution in [-0.2, 0) is 4.74 Å². The Morgan fingerprint density at radius 1 is 1.35 bits per heavy atom. The summed E-state index contributed by atoms with van der Waals surface area (Å²) < 4.78 is 10.4. The van der Waals surface area contributed by atoms with Gasteiger partial charge in [-0.05, 0) is 24.1 Å². The maximum Gasteiger partial charge on any atom is 0.118 e. The maximum absolute atomic E-state index is 9.48. The van der Waals surface area contributed by atoms with Crippen molar-refractivity contribution in [3.05, 3.63) is 29.8 Å². The summed E-state index contributed by atoms with van der Waals surface area (Å²) in [5, 5.41) is 13.1. The number of aliphatic hydroxyl groups excluding tert-OH is 1. The average Bonchev–Trinajstić information content (AvgIpc) is 2.45. The van der Waals surface area contributed by atoms with E-state index in [1.807, 2.05) is 12.1 Å².